The van der Waals surface area contributed by atoms with E-state index in [4.69, 9.17) is 4.84 Å². The quantitative estimate of drug-likeness (QED) is 0.673. The summed E-state index contributed by atoms with van der Waals surface area (Å²) in [6.07, 6.45) is 0. The third-order valence-electron chi connectivity index (χ3n) is 1.88. The van der Waals surface area contributed by atoms with Crippen molar-refractivity contribution < 1.29 is 22.6 Å². The molecule has 1 aromatic carbocycles. The van der Waals surface area contributed by atoms with Gasteiger partial charge < -0.3 is 0 Å². The molecule has 0 saturated heterocycles. The molecule has 0 unspecified atom stereocenters. The van der Waals surface area contributed by atoms with Crippen molar-refractivity contribution in [2.45, 2.75) is 31.3 Å². The summed E-state index contributed by atoms with van der Waals surface area (Å²) in [6.45, 7) is 4.85. The van der Waals surface area contributed by atoms with Gasteiger partial charge in [-0.15, -0.1) is 0 Å². The number of nitro benzene ring substituents is 1. The van der Waals surface area contributed by atoms with E-state index in [-0.39, 0.29) is 0 Å². The summed E-state index contributed by atoms with van der Waals surface area (Å²) in [6, 6.07) is 2.27. The van der Waals surface area contributed by atoms with Crippen LogP contribution >= 0.6 is 0 Å². The average molecular weight is 292 g/mol. The molecule has 0 aliphatic heterocycles. The van der Waals surface area contributed by atoms with Crippen LogP contribution in [0.5, 0.6) is 0 Å². The second kappa shape index (κ2) is 5.19. The molecule has 0 aromatic heterocycles. The Morgan fingerprint density at radius 2 is 1.95 bits per heavy atom. The lowest BCUT2D eigenvalue weighted by atomic mass is 10.2. The van der Waals surface area contributed by atoms with Gasteiger partial charge in [-0.25, -0.2) is 8.42 Å². The summed E-state index contributed by atoms with van der Waals surface area (Å²) < 4.78 is 36.8. The number of hydrogen-bond acceptors (Lipinski definition) is 5. The summed E-state index contributed by atoms with van der Waals surface area (Å²) in [5.74, 6) is -1.23. The summed E-state index contributed by atoms with van der Waals surface area (Å²) in [5, 5.41) is 10.4. The number of hydrogen-bond donors (Lipinski definition) is 1. The topological polar surface area (TPSA) is 98.5 Å². The first-order valence-electron chi connectivity index (χ1n) is 5.17. The Balaban J connectivity index is 3.03. The molecule has 1 aromatic rings. The minimum atomic E-state index is -4.09. The van der Waals surface area contributed by atoms with Gasteiger partial charge in [0.05, 0.1) is 15.4 Å². The van der Waals surface area contributed by atoms with Crippen LogP contribution < -0.4 is 4.89 Å². The predicted octanol–water partition coefficient (Wildman–Crippen LogP) is 1.74. The zero-order valence-electron chi connectivity index (χ0n) is 10.5. The van der Waals surface area contributed by atoms with Gasteiger partial charge in [-0.3, -0.25) is 15.0 Å². The van der Waals surface area contributed by atoms with E-state index < -0.39 is 36.9 Å². The van der Waals surface area contributed by atoms with Crippen LogP contribution in [-0.2, 0) is 14.9 Å². The van der Waals surface area contributed by atoms with Gasteiger partial charge in [-0.2, -0.15) is 4.39 Å². The van der Waals surface area contributed by atoms with Crippen molar-refractivity contribution in [3.63, 3.8) is 0 Å². The smallest absolute Gasteiger partial charge is 0.281 e. The molecule has 0 aliphatic carbocycles. The minimum Gasteiger partial charge on any atom is -0.281 e. The normalized spacial score (nSPS) is 12.4. The molecule has 7 nitrogen and oxygen atoms in total. The van der Waals surface area contributed by atoms with Gasteiger partial charge in [0.25, 0.3) is 10.0 Å². The molecule has 0 aliphatic rings. The van der Waals surface area contributed by atoms with Crippen molar-refractivity contribution in [1.82, 2.24) is 4.89 Å². The fourth-order valence-electron chi connectivity index (χ4n) is 1.03. The molecule has 1 N–H and O–H groups in total. The maximum Gasteiger partial charge on any atom is 0.304 e. The van der Waals surface area contributed by atoms with E-state index in [1.807, 2.05) is 4.89 Å². The van der Waals surface area contributed by atoms with Crippen LogP contribution in [0.25, 0.3) is 0 Å². The minimum absolute atomic E-state index is 0.458. The maximum absolute atomic E-state index is 13.3. The van der Waals surface area contributed by atoms with Gasteiger partial charge in [0.15, 0.2) is 0 Å². The van der Waals surface area contributed by atoms with Crippen LogP contribution in [0.4, 0.5) is 10.1 Å². The van der Waals surface area contributed by atoms with Gasteiger partial charge in [0.1, 0.15) is 0 Å². The Bertz CT molecular complexity index is 594. The lowest BCUT2D eigenvalue weighted by Gasteiger charge is -2.19. The molecule has 0 radical (unpaired) electrons. The van der Waals surface area contributed by atoms with Crippen LogP contribution in [0, 0.1) is 15.9 Å². The highest BCUT2D eigenvalue weighted by Crippen LogP contribution is 2.21. The van der Waals surface area contributed by atoms with E-state index in [0.717, 1.165) is 12.1 Å². The molecular weight excluding hydrogens is 279 g/mol. The van der Waals surface area contributed by atoms with E-state index >= 15 is 0 Å². The molecule has 0 heterocycles. The van der Waals surface area contributed by atoms with E-state index in [1.54, 1.807) is 20.8 Å². The molecule has 0 saturated carbocycles. The van der Waals surface area contributed by atoms with Crippen LogP contribution in [0.2, 0.25) is 0 Å². The summed E-state index contributed by atoms with van der Waals surface area (Å²) in [7, 11) is -4.09. The largest absolute Gasteiger partial charge is 0.304 e. The molecule has 0 spiro atoms. The van der Waals surface area contributed by atoms with E-state index in [0.29, 0.717) is 6.07 Å². The van der Waals surface area contributed by atoms with Crippen LogP contribution in [0.3, 0.4) is 0 Å². The van der Waals surface area contributed by atoms with Gasteiger partial charge in [0, 0.05) is 12.1 Å². The Morgan fingerprint density at radius 3 is 2.37 bits per heavy atom. The number of rotatable bonds is 4. The Kier molecular flexibility index (Phi) is 4.23. The van der Waals surface area contributed by atoms with Crippen LogP contribution in [0.15, 0.2) is 23.1 Å². The summed E-state index contributed by atoms with van der Waals surface area (Å²) in [4.78, 5) is 15.7. The SMILES string of the molecule is CC(C)(C)ONS(=O)(=O)c1ccc([N+](=O)[O-])c(F)c1. The first kappa shape index (κ1) is 15.5. The standard InChI is InChI=1S/C10H13FN2O5S/c1-10(2,3)18-12-19(16,17)7-4-5-9(13(14)15)8(11)6-7/h4-6,12H,1-3H3. The molecule has 0 bridgehead atoms. The van der Waals surface area contributed by atoms with Crippen LogP contribution in [0.1, 0.15) is 20.8 Å². The van der Waals surface area contributed by atoms with Crippen molar-refractivity contribution in [2.75, 3.05) is 0 Å². The molecule has 0 atom stereocenters. The first-order valence-corrected chi connectivity index (χ1v) is 6.65. The molecule has 0 fully saturated rings. The van der Waals surface area contributed by atoms with E-state index in [9.17, 15) is 22.9 Å². The zero-order valence-corrected chi connectivity index (χ0v) is 11.3. The highest BCUT2D eigenvalue weighted by Gasteiger charge is 2.22. The molecule has 9 heteroatoms. The van der Waals surface area contributed by atoms with Crippen molar-refractivity contribution in [1.29, 1.82) is 0 Å². The molecule has 0 amide bonds. The molecule has 106 valence electrons. The number of nitro groups is 1. The number of benzene rings is 1. The van der Waals surface area contributed by atoms with Crippen LogP contribution in [-0.4, -0.2) is 18.9 Å². The number of nitrogens with one attached hydrogen (secondary N) is 1. The van der Waals surface area contributed by atoms with E-state index in [1.165, 1.54) is 0 Å². The second-order valence-corrected chi connectivity index (χ2v) is 6.32. The second-order valence-electron chi connectivity index (χ2n) is 4.67. The van der Waals surface area contributed by atoms with Gasteiger partial charge in [0.2, 0.25) is 5.82 Å². The third kappa shape index (κ3) is 4.23. The monoisotopic (exact) mass is 292 g/mol. The fraction of sp³-hybridized carbons (Fsp3) is 0.400. The number of nitrogens with zero attached hydrogens (tertiary/aromatic N) is 1. The predicted molar refractivity (Wildman–Crippen MR) is 64.2 cm³/mol. The zero-order chi connectivity index (χ0) is 14.8. The van der Waals surface area contributed by atoms with Crippen molar-refractivity contribution >= 4 is 15.7 Å². The fourth-order valence-corrected chi connectivity index (χ4v) is 1.99. The first-order chi connectivity index (χ1) is 8.53. The summed E-state index contributed by atoms with van der Waals surface area (Å²) >= 11 is 0. The summed E-state index contributed by atoms with van der Waals surface area (Å²) in [5.41, 5.74) is -1.57. The Morgan fingerprint density at radius 1 is 1.37 bits per heavy atom. The Hall–Kier alpha value is -1.58. The van der Waals surface area contributed by atoms with Crippen molar-refractivity contribution in [3.05, 3.63) is 34.1 Å². The Labute approximate surface area is 109 Å². The maximum atomic E-state index is 13.3. The van der Waals surface area contributed by atoms with Gasteiger partial charge >= 0.3 is 5.69 Å². The lowest BCUT2D eigenvalue weighted by molar-refractivity contribution is -0.387. The van der Waals surface area contributed by atoms with Gasteiger partial charge in [-0.1, -0.05) is 4.89 Å². The molecular formula is C10H13FN2O5S. The van der Waals surface area contributed by atoms with Gasteiger partial charge in [-0.05, 0) is 26.8 Å². The lowest BCUT2D eigenvalue weighted by Crippen LogP contribution is -2.33. The van der Waals surface area contributed by atoms with Crippen molar-refractivity contribution in [2.24, 2.45) is 0 Å². The highest BCUT2D eigenvalue weighted by atomic mass is 32.2. The number of sulfonamides is 1. The number of halogens is 1. The van der Waals surface area contributed by atoms with E-state index in [2.05, 4.69) is 0 Å². The average Bonchev–Trinajstić information content (AvgIpc) is 2.25. The molecule has 19 heavy (non-hydrogen) atoms. The van der Waals surface area contributed by atoms with Crippen molar-refractivity contribution in [3.8, 4) is 0 Å². The highest BCUT2D eigenvalue weighted by molar-refractivity contribution is 7.89. The third-order valence-corrected chi connectivity index (χ3v) is 3.06. The molecule has 1 rings (SSSR count).